The third kappa shape index (κ3) is 4.69. The predicted molar refractivity (Wildman–Crippen MR) is 120 cm³/mol. The number of nitrogen functional groups attached to an aromatic ring is 1. The number of carbonyl (C=O) groups is 1. The van der Waals surface area contributed by atoms with Gasteiger partial charge in [-0.05, 0) is 32.8 Å². The van der Waals surface area contributed by atoms with Crippen LogP contribution >= 0.6 is 0 Å². The highest BCUT2D eigenvalue weighted by Gasteiger charge is 2.32. The van der Waals surface area contributed by atoms with Gasteiger partial charge >= 0.3 is 0 Å². The average molecular weight is 454 g/mol. The number of nitrogens with one attached hydrogen (secondary N) is 1. The minimum absolute atomic E-state index is 0.0981. The zero-order valence-corrected chi connectivity index (χ0v) is 18.4. The molecule has 4 rings (SSSR count). The van der Waals surface area contributed by atoms with Crippen molar-refractivity contribution in [3.8, 4) is 17.3 Å². The average Bonchev–Trinajstić information content (AvgIpc) is 3.53. The van der Waals surface area contributed by atoms with Gasteiger partial charge in [-0.2, -0.15) is 5.10 Å². The molecule has 0 bridgehead atoms. The van der Waals surface area contributed by atoms with Crippen molar-refractivity contribution in [3.05, 3.63) is 59.3 Å². The number of halogens is 2. The highest BCUT2D eigenvalue weighted by atomic mass is 19.1. The molecular formula is C23H24F2N6O2. The Kier molecular flexibility index (Phi) is 6.08. The smallest absolute Gasteiger partial charge is 0.248 e. The van der Waals surface area contributed by atoms with E-state index in [-0.39, 0.29) is 41.2 Å². The van der Waals surface area contributed by atoms with E-state index in [4.69, 9.17) is 10.5 Å². The Morgan fingerprint density at radius 1 is 1.30 bits per heavy atom. The van der Waals surface area contributed by atoms with Crippen LogP contribution in [0, 0.1) is 18.6 Å². The lowest BCUT2D eigenvalue weighted by Crippen LogP contribution is -2.11. The van der Waals surface area contributed by atoms with Crippen molar-refractivity contribution < 1.29 is 18.3 Å². The number of ether oxygens (including phenoxy) is 1. The summed E-state index contributed by atoms with van der Waals surface area (Å²) in [7, 11) is 0. The lowest BCUT2D eigenvalue weighted by atomic mass is 10.1. The Labute approximate surface area is 189 Å². The van der Waals surface area contributed by atoms with E-state index < -0.39 is 17.5 Å². The van der Waals surface area contributed by atoms with E-state index in [2.05, 4.69) is 27.0 Å². The quantitative estimate of drug-likeness (QED) is 0.499. The zero-order valence-electron chi connectivity index (χ0n) is 18.4. The van der Waals surface area contributed by atoms with E-state index in [0.29, 0.717) is 12.3 Å². The van der Waals surface area contributed by atoms with Gasteiger partial charge in [0, 0.05) is 40.9 Å². The van der Waals surface area contributed by atoms with E-state index in [0.717, 1.165) is 30.2 Å². The predicted octanol–water partition coefficient (Wildman–Crippen LogP) is 3.96. The third-order valence-corrected chi connectivity index (χ3v) is 5.33. The minimum Gasteiger partial charge on any atom is -0.494 e. The molecule has 0 atom stereocenters. The van der Waals surface area contributed by atoms with Crippen LogP contribution in [0.4, 0.5) is 20.4 Å². The molecule has 1 aliphatic rings. The second-order valence-corrected chi connectivity index (χ2v) is 7.78. The van der Waals surface area contributed by atoms with Gasteiger partial charge < -0.3 is 15.8 Å². The molecule has 3 N–H and O–H groups in total. The first kappa shape index (κ1) is 22.4. The molecule has 8 nitrogen and oxygen atoms in total. The number of nitrogens with two attached hydrogens (primary N) is 1. The van der Waals surface area contributed by atoms with E-state index in [1.165, 1.54) is 18.2 Å². The molecule has 1 aliphatic carbocycles. The van der Waals surface area contributed by atoms with Gasteiger partial charge in [0.1, 0.15) is 34.7 Å². The Balaban J connectivity index is 1.75. The number of benzene rings is 1. The van der Waals surface area contributed by atoms with Crippen LogP contribution in [-0.2, 0) is 11.3 Å². The summed E-state index contributed by atoms with van der Waals surface area (Å²) >= 11 is 0. The minimum atomic E-state index is -0.704. The summed E-state index contributed by atoms with van der Waals surface area (Å²) in [5, 5.41) is 7.15. The van der Waals surface area contributed by atoms with Gasteiger partial charge in [0.15, 0.2) is 5.82 Å². The van der Waals surface area contributed by atoms with E-state index in [9.17, 15) is 13.6 Å². The second kappa shape index (κ2) is 8.97. The summed E-state index contributed by atoms with van der Waals surface area (Å²) in [5.74, 6) is -0.923. The Morgan fingerprint density at radius 3 is 2.61 bits per heavy atom. The molecule has 1 aromatic carbocycles. The summed E-state index contributed by atoms with van der Waals surface area (Å²) in [6, 6.07) is 3.76. The SMILES string of the molecule is C=CC(=O)Nc1cc(N)nc(-c2nn(Cc3c(F)cc(OCC)cc3F)c(C3CC3)c2C)n1. The summed E-state index contributed by atoms with van der Waals surface area (Å²) in [5.41, 5.74) is 7.91. The van der Waals surface area contributed by atoms with Crippen molar-refractivity contribution in [2.75, 3.05) is 17.7 Å². The lowest BCUT2D eigenvalue weighted by molar-refractivity contribution is -0.111. The van der Waals surface area contributed by atoms with Crippen molar-refractivity contribution in [1.82, 2.24) is 19.7 Å². The maximum atomic E-state index is 14.7. The first-order chi connectivity index (χ1) is 15.8. The van der Waals surface area contributed by atoms with Crippen LogP contribution in [0.1, 0.15) is 42.5 Å². The molecule has 1 amide bonds. The Hall–Kier alpha value is -3.82. The first-order valence-corrected chi connectivity index (χ1v) is 10.6. The van der Waals surface area contributed by atoms with Crippen molar-refractivity contribution in [2.45, 2.75) is 39.2 Å². The number of nitrogens with zero attached hydrogens (tertiary/aromatic N) is 4. The fraction of sp³-hybridized carbons (Fsp3) is 0.304. The Bertz CT molecular complexity index is 1210. The topological polar surface area (TPSA) is 108 Å². The number of hydrogen-bond acceptors (Lipinski definition) is 6. The van der Waals surface area contributed by atoms with Gasteiger partial charge in [0.05, 0.1) is 13.2 Å². The second-order valence-electron chi connectivity index (χ2n) is 7.78. The highest BCUT2D eigenvalue weighted by Crippen LogP contribution is 2.43. The largest absolute Gasteiger partial charge is 0.494 e. The summed E-state index contributed by atoms with van der Waals surface area (Å²) < 4.78 is 36.2. The molecule has 172 valence electrons. The molecule has 0 aliphatic heterocycles. The maximum Gasteiger partial charge on any atom is 0.248 e. The van der Waals surface area contributed by atoms with Gasteiger partial charge in [-0.1, -0.05) is 6.58 Å². The van der Waals surface area contributed by atoms with Crippen molar-refractivity contribution in [2.24, 2.45) is 0 Å². The zero-order chi connectivity index (χ0) is 23.7. The van der Waals surface area contributed by atoms with Gasteiger partial charge in [0.25, 0.3) is 0 Å². The third-order valence-electron chi connectivity index (χ3n) is 5.33. The fourth-order valence-corrected chi connectivity index (χ4v) is 3.71. The van der Waals surface area contributed by atoms with Crippen LogP contribution in [0.5, 0.6) is 5.75 Å². The van der Waals surface area contributed by atoms with Gasteiger partial charge in [0.2, 0.25) is 5.91 Å². The van der Waals surface area contributed by atoms with Crippen LogP contribution < -0.4 is 15.8 Å². The number of hydrogen-bond donors (Lipinski definition) is 2. The normalized spacial score (nSPS) is 13.1. The van der Waals surface area contributed by atoms with Crippen LogP contribution in [0.15, 0.2) is 30.9 Å². The van der Waals surface area contributed by atoms with Gasteiger partial charge in [-0.15, -0.1) is 0 Å². The molecule has 2 aromatic heterocycles. The lowest BCUT2D eigenvalue weighted by Gasteiger charge is -2.11. The van der Waals surface area contributed by atoms with E-state index >= 15 is 0 Å². The van der Waals surface area contributed by atoms with Crippen molar-refractivity contribution >= 4 is 17.5 Å². The molecule has 1 fully saturated rings. The van der Waals surface area contributed by atoms with Crippen LogP contribution in [0.25, 0.3) is 11.5 Å². The van der Waals surface area contributed by atoms with E-state index in [1.54, 1.807) is 11.6 Å². The maximum absolute atomic E-state index is 14.7. The first-order valence-electron chi connectivity index (χ1n) is 10.6. The van der Waals surface area contributed by atoms with Crippen LogP contribution in [-0.4, -0.2) is 32.3 Å². The van der Waals surface area contributed by atoms with Crippen molar-refractivity contribution in [3.63, 3.8) is 0 Å². The number of anilines is 2. The molecule has 0 spiro atoms. The van der Waals surface area contributed by atoms with E-state index in [1.807, 2.05) is 6.92 Å². The summed E-state index contributed by atoms with van der Waals surface area (Å²) in [6.07, 6.45) is 3.03. The molecule has 0 unspecified atom stereocenters. The molecule has 33 heavy (non-hydrogen) atoms. The monoisotopic (exact) mass is 454 g/mol. The number of carbonyl (C=O) groups excluding carboxylic acids is 1. The van der Waals surface area contributed by atoms with Gasteiger partial charge in [-0.25, -0.2) is 18.7 Å². The molecule has 1 saturated carbocycles. The van der Waals surface area contributed by atoms with Crippen molar-refractivity contribution in [1.29, 1.82) is 0 Å². The number of amides is 1. The molecule has 10 heteroatoms. The number of rotatable bonds is 8. The Morgan fingerprint density at radius 2 is 2.00 bits per heavy atom. The molecule has 3 aromatic rings. The van der Waals surface area contributed by atoms with Crippen LogP contribution in [0.3, 0.4) is 0 Å². The fourth-order valence-electron chi connectivity index (χ4n) is 3.71. The summed E-state index contributed by atoms with van der Waals surface area (Å²) in [6.45, 7) is 7.23. The standard InChI is InChI=1S/C23H24F2N6O2/c1-4-20(32)28-19-10-18(26)27-23(29-19)21-12(3)22(13-6-7-13)31(30-21)11-15-16(24)8-14(33-5-2)9-17(15)25/h4,8-10,13H,1,5-7,11H2,2-3H3,(H3,26,27,28,29,32). The van der Waals surface area contributed by atoms with Gasteiger partial charge in [-0.3, -0.25) is 9.48 Å². The summed E-state index contributed by atoms with van der Waals surface area (Å²) in [4.78, 5) is 20.3. The molecule has 0 saturated heterocycles. The van der Waals surface area contributed by atoms with Crippen LogP contribution in [0.2, 0.25) is 0 Å². The molecule has 0 radical (unpaired) electrons. The highest BCUT2D eigenvalue weighted by molar-refractivity contribution is 5.98. The molecule has 2 heterocycles. The molecular weight excluding hydrogens is 430 g/mol. The number of aromatic nitrogens is 4.